The van der Waals surface area contributed by atoms with E-state index in [9.17, 15) is 0 Å². The average molecular weight is 338 g/mol. The summed E-state index contributed by atoms with van der Waals surface area (Å²) in [6.07, 6.45) is 0. The molecule has 0 saturated heterocycles. The van der Waals surface area contributed by atoms with Gasteiger partial charge in [0.15, 0.2) is 0 Å². The molecule has 0 aromatic heterocycles. The van der Waals surface area contributed by atoms with Gasteiger partial charge in [0.05, 0.1) is 7.11 Å². The smallest absolute Gasteiger partial charge is 0.118 e. The molecule has 0 amide bonds. The lowest BCUT2D eigenvalue weighted by Crippen LogP contribution is -2.02. The van der Waals surface area contributed by atoms with Crippen LogP contribution in [0.5, 0.6) is 5.75 Å². The van der Waals surface area contributed by atoms with Crippen molar-refractivity contribution >= 4 is 22.6 Å². The van der Waals surface area contributed by atoms with Gasteiger partial charge in [0, 0.05) is 10.3 Å². The molecule has 0 heterocycles. The molecule has 0 saturated carbocycles. The SMILES string of the molecule is COc1ccc(C(CI)c2ccccc2)cc1. The number of alkyl halides is 1. The molecule has 17 heavy (non-hydrogen) atoms. The molecule has 1 atom stereocenters. The summed E-state index contributed by atoms with van der Waals surface area (Å²) in [6.45, 7) is 0. The topological polar surface area (TPSA) is 9.23 Å². The van der Waals surface area contributed by atoms with Gasteiger partial charge < -0.3 is 4.74 Å². The molecule has 0 fully saturated rings. The molecule has 0 aliphatic rings. The fraction of sp³-hybridized carbons (Fsp3) is 0.200. The van der Waals surface area contributed by atoms with Crippen molar-refractivity contribution in [3.63, 3.8) is 0 Å². The third kappa shape index (κ3) is 3.00. The van der Waals surface area contributed by atoms with E-state index < -0.39 is 0 Å². The van der Waals surface area contributed by atoms with E-state index >= 15 is 0 Å². The van der Waals surface area contributed by atoms with Gasteiger partial charge in [-0.1, -0.05) is 65.1 Å². The molecular formula is C15H15IO. The van der Waals surface area contributed by atoms with Crippen molar-refractivity contribution < 1.29 is 4.74 Å². The van der Waals surface area contributed by atoms with Crippen molar-refractivity contribution in [3.05, 3.63) is 65.7 Å². The van der Waals surface area contributed by atoms with Crippen LogP contribution in [0.2, 0.25) is 0 Å². The van der Waals surface area contributed by atoms with Crippen LogP contribution in [0.15, 0.2) is 54.6 Å². The summed E-state index contributed by atoms with van der Waals surface area (Å²) in [5.74, 6) is 1.37. The number of hydrogen-bond acceptors (Lipinski definition) is 1. The Bertz CT molecular complexity index is 450. The van der Waals surface area contributed by atoms with Crippen molar-refractivity contribution in [2.45, 2.75) is 5.92 Å². The third-order valence-electron chi connectivity index (χ3n) is 2.87. The van der Waals surface area contributed by atoms with Crippen molar-refractivity contribution in [2.75, 3.05) is 11.5 Å². The Morgan fingerprint density at radius 3 is 2.06 bits per heavy atom. The van der Waals surface area contributed by atoms with E-state index in [1.54, 1.807) is 7.11 Å². The maximum atomic E-state index is 5.19. The van der Waals surface area contributed by atoms with Crippen molar-refractivity contribution in [2.24, 2.45) is 0 Å². The summed E-state index contributed by atoms with van der Waals surface area (Å²) < 4.78 is 6.26. The standard InChI is InChI=1S/C15H15IO/c1-17-14-9-7-13(8-10-14)15(11-16)12-5-3-2-4-6-12/h2-10,15H,11H2,1H3. The number of halogens is 1. The van der Waals surface area contributed by atoms with Gasteiger partial charge >= 0.3 is 0 Å². The zero-order chi connectivity index (χ0) is 12.1. The van der Waals surface area contributed by atoms with E-state index in [1.807, 2.05) is 12.1 Å². The van der Waals surface area contributed by atoms with Crippen LogP contribution >= 0.6 is 22.6 Å². The Kier molecular flexibility index (Phi) is 4.42. The molecule has 0 bridgehead atoms. The van der Waals surface area contributed by atoms with Gasteiger partial charge in [0.2, 0.25) is 0 Å². The van der Waals surface area contributed by atoms with Crippen molar-refractivity contribution in [1.82, 2.24) is 0 Å². The monoisotopic (exact) mass is 338 g/mol. The molecule has 2 rings (SSSR count). The average Bonchev–Trinajstić information content (AvgIpc) is 2.42. The summed E-state index contributed by atoms with van der Waals surface area (Å²) in [6, 6.07) is 19.0. The van der Waals surface area contributed by atoms with Crippen LogP contribution in [0.25, 0.3) is 0 Å². The van der Waals surface area contributed by atoms with Gasteiger partial charge in [-0.15, -0.1) is 0 Å². The van der Waals surface area contributed by atoms with Gasteiger partial charge in [0.1, 0.15) is 5.75 Å². The molecule has 0 radical (unpaired) electrons. The first-order chi connectivity index (χ1) is 8.35. The van der Waals surface area contributed by atoms with Crippen LogP contribution < -0.4 is 4.74 Å². The Morgan fingerprint density at radius 2 is 1.53 bits per heavy atom. The second-order valence-electron chi connectivity index (χ2n) is 3.89. The second-order valence-corrected chi connectivity index (χ2v) is 4.77. The van der Waals surface area contributed by atoms with Crippen molar-refractivity contribution in [1.29, 1.82) is 0 Å². The summed E-state index contributed by atoms with van der Waals surface area (Å²) in [5.41, 5.74) is 2.71. The Morgan fingerprint density at radius 1 is 0.941 bits per heavy atom. The van der Waals surface area contributed by atoms with E-state index in [0.29, 0.717) is 5.92 Å². The zero-order valence-corrected chi connectivity index (χ0v) is 11.9. The van der Waals surface area contributed by atoms with Crippen LogP contribution in [0.1, 0.15) is 17.0 Å². The Balaban J connectivity index is 2.29. The fourth-order valence-corrected chi connectivity index (χ4v) is 2.91. The fourth-order valence-electron chi connectivity index (χ4n) is 1.89. The number of ether oxygens (including phenoxy) is 1. The van der Waals surface area contributed by atoms with Crippen LogP contribution in [0, 0.1) is 0 Å². The first-order valence-corrected chi connectivity index (χ1v) is 7.12. The second kappa shape index (κ2) is 6.05. The zero-order valence-electron chi connectivity index (χ0n) is 9.77. The highest BCUT2D eigenvalue weighted by atomic mass is 127. The molecule has 0 spiro atoms. The predicted molar refractivity (Wildman–Crippen MR) is 80.2 cm³/mol. The lowest BCUT2D eigenvalue weighted by molar-refractivity contribution is 0.414. The first kappa shape index (κ1) is 12.4. The molecular weight excluding hydrogens is 323 g/mol. The lowest BCUT2D eigenvalue weighted by Gasteiger charge is -2.15. The van der Waals surface area contributed by atoms with E-state index in [-0.39, 0.29) is 0 Å². The Labute approximate surface area is 116 Å². The van der Waals surface area contributed by atoms with E-state index in [1.165, 1.54) is 11.1 Å². The largest absolute Gasteiger partial charge is 0.497 e. The number of methoxy groups -OCH3 is 1. The highest BCUT2D eigenvalue weighted by Gasteiger charge is 2.12. The number of rotatable bonds is 4. The Hall–Kier alpha value is -1.03. The third-order valence-corrected chi connectivity index (χ3v) is 3.76. The minimum absolute atomic E-state index is 0.461. The highest BCUT2D eigenvalue weighted by Crippen LogP contribution is 2.27. The van der Waals surface area contributed by atoms with Gasteiger partial charge in [0.25, 0.3) is 0 Å². The molecule has 2 heteroatoms. The normalized spacial score (nSPS) is 12.1. The minimum atomic E-state index is 0.461. The summed E-state index contributed by atoms with van der Waals surface area (Å²) in [5, 5.41) is 0. The minimum Gasteiger partial charge on any atom is -0.497 e. The van der Waals surface area contributed by atoms with Crippen LogP contribution in [0.3, 0.4) is 0 Å². The predicted octanol–water partition coefficient (Wildman–Crippen LogP) is 4.26. The maximum absolute atomic E-state index is 5.19. The maximum Gasteiger partial charge on any atom is 0.118 e. The van der Waals surface area contributed by atoms with Gasteiger partial charge in [-0.3, -0.25) is 0 Å². The van der Waals surface area contributed by atoms with Crippen LogP contribution in [-0.2, 0) is 0 Å². The quantitative estimate of drug-likeness (QED) is 0.598. The summed E-state index contributed by atoms with van der Waals surface area (Å²) in [7, 11) is 1.70. The van der Waals surface area contributed by atoms with Gasteiger partial charge in [-0.2, -0.15) is 0 Å². The molecule has 0 aliphatic carbocycles. The highest BCUT2D eigenvalue weighted by molar-refractivity contribution is 14.1. The van der Waals surface area contributed by atoms with E-state index in [4.69, 9.17) is 4.74 Å². The molecule has 1 unspecified atom stereocenters. The van der Waals surface area contributed by atoms with Crippen molar-refractivity contribution in [3.8, 4) is 5.75 Å². The van der Waals surface area contributed by atoms with Crippen LogP contribution in [-0.4, -0.2) is 11.5 Å². The molecule has 2 aromatic carbocycles. The summed E-state index contributed by atoms with van der Waals surface area (Å²) in [4.78, 5) is 0. The number of benzene rings is 2. The molecule has 0 N–H and O–H groups in total. The van der Waals surface area contributed by atoms with E-state index in [0.717, 1.165) is 10.2 Å². The summed E-state index contributed by atoms with van der Waals surface area (Å²) >= 11 is 2.44. The first-order valence-electron chi connectivity index (χ1n) is 5.60. The molecule has 2 aromatic rings. The van der Waals surface area contributed by atoms with Crippen LogP contribution in [0.4, 0.5) is 0 Å². The molecule has 88 valence electrons. The van der Waals surface area contributed by atoms with E-state index in [2.05, 4.69) is 65.1 Å². The lowest BCUT2D eigenvalue weighted by atomic mass is 9.93. The number of hydrogen-bond donors (Lipinski definition) is 0. The van der Waals surface area contributed by atoms with Gasteiger partial charge in [-0.05, 0) is 23.3 Å². The molecule has 1 nitrogen and oxygen atoms in total. The molecule has 0 aliphatic heterocycles. The van der Waals surface area contributed by atoms with Gasteiger partial charge in [-0.25, -0.2) is 0 Å².